The molecular formula is C16H18N2O. The van der Waals surface area contributed by atoms with Crippen LogP contribution in [-0.4, -0.2) is 15.6 Å². The number of aromatic nitrogens is 2. The fraction of sp³-hybridized carbons (Fsp3) is 0.375. The summed E-state index contributed by atoms with van der Waals surface area (Å²) in [6.07, 6.45) is 3.91. The fourth-order valence-electron chi connectivity index (χ4n) is 2.84. The van der Waals surface area contributed by atoms with Crippen LogP contribution in [0.15, 0.2) is 24.3 Å². The average molecular weight is 254 g/mol. The maximum atomic E-state index is 12.3. The van der Waals surface area contributed by atoms with Crippen molar-refractivity contribution in [3.63, 3.8) is 0 Å². The van der Waals surface area contributed by atoms with Crippen molar-refractivity contribution in [1.82, 2.24) is 9.78 Å². The average Bonchev–Trinajstić information content (AvgIpc) is 2.95. The standard InChI is InChI=1S/C16H18N2O/c1-11-8-15(18(2)17-11)10-16(19)14-7-6-12-4-3-5-13(12)9-14/h6-9H,3-5,10H2,1-2H3. The third-order valence-electron chi connectivity index (χ3n) is 3.86. The molecule has 98 valence electrons. The van der Waals surface area contributed by atoms with Crippen molar-refractivity contribution in [2.75, 3.05) is 0 Å². The summed E-state index contributed by atoms with van der Waals surface area (Å²) >= 11 is 0. The van der Waals surface area contributed by atoms with Gasteiger partial charge >= 0.3 is 0 Å². The summed E-state index contributed by atoms with van der Waals surface area (Å²) in [6, 6.07) is 8.14. The van der Waals surface area contributed by atoms with Crippen LogP contribution in [0.2, 0.25) is 0 Å². The third kappa shape index (κ3) is 2.33. The van der Waals surface area contributed by atoms with Crippen LogP contribution >= 0.6 is 0 Å². The maximum absolute atomic E-state index is 12.3. The van der Waals surface area contributed by atoms with Crippen molar-refractivity contribution in [2.45, 2.75) is 32.6 Å². The van der Waals surface area contributed by atoms with E-state index in [0.717, 1.165) is 29.8 Å². The first kappa shape index (κ1) is 12.2. The Hall–Kier alpha value is -1.90. The Bertz CT molecular complexity index is 640. The van der Waals surface area contributed by atoms with Gasteiger partial charge in [0.1, 0.15) is 0 Å². The summed E-state index contributed by atoms with van der Waals surface area (Å²) in [5.41, 5.74) is 5.53. The molecule has 0 saturated heterocycles. The molecule has 1 aliphatic rings. The summed E-state index contributed by atoms with van der Waals surface area (Å²) in [5, 5.41) is 4.28. The van der Waals surface area contributed by atoms with Crippen LogP contribution in [0.1, 0.15) is 39.3 Å². The Balaban J connectivity index is 1.82. The number of Topliss-reactive ketones (excluding diaryl/α,β-unsaturated/α-hetero) is 1. The molecule has 1 aromatic carbocycles. The maximum Gasteiger partial charge on any atom is 0.168 e. The second kappa shape index (κ2) is 4.65. The SMILES string of the molecule is Cc1cc(CC(=O)c2ccc3c(c2)CCC3)n(C)n1. The number of aryl methyl sites for hydroxylation is 4. The molecule has 0 spiro atoms. The van der Waals surface area contributed by atoms with Crippen LogP contribution in [0.25, 0.3) is 0 Å². The van der Waals surface area contributed by atoms with Crippen molar-refractivity contribution < 1.29 is 4.79 Å². The molecule has 3 nitrogen and oxygen atoms in total. The van der Waals surface area contributed by atoms with E-state index in [1.54, 1.807) is 4.68 Å². The largest absolute Gasteiger partial charge is 0.294 e. The molecule has 0 amide bonds. The van der Waals surface area contributed by atoms with Gasteiger partial charge in [-0.25, -0.2) is 0 Å². The number of carbonyl (C=O) groups is 1. The lowest BCUT2D eigenvalue weighted by molar-refractivity contribution is 0.0990. The molecule has 0 aliphatic heterocycles. The van der Waals surface area contributed by atoms with Gasteiger partial charge in [0.2, 0.25) is 0 Å². The molecule has 2 aromatic rings. The van der Waals surface area contributed by atoms with Crippen molar-refractivity contribution in [2.24, 2.45) is 7.05 Å². The number of ketones is 1. The van der Waals surface area contributed by atoms with Crippen molar-refractivity contribution in [3.05, 3.63) is 52.3 Å². The Morgan fingerprint density at radius 2 is 2.05 bits per heavy atom. The molecule has 0 saturated carbocycles. The van der Waals surface area contributed by atoms with Crippen LogP contribution in [0.4, 0.5) is 0 Å². The zero-order valence-electron chi connectivity index (χ0n) is 11.4. The highest BCUT2D eigenvalue weighted by atomic mass is 16.1. The van der Waals surface area contributed by atoms with Gasteiger partial charge in [0.05, 0.1) is 12.1 Å². The molecule has 1 aliphatic carbocycles. The highest BCUT2D eigenvalue weighted by Crippen LogP contribution is 2.23. The normalized spacial score (nSPS) is 13.6. The first-order valence-electron chi connectivity index (χ1n) is 6.78. The molecule has 0 bridgehead atoms. The van der Waals surface area contributed by atoms with Crippen LogP contribution in [0.5, 0.6) is 0 Å². The number of fused-ring (bicyclic) bond motifs is 1. The minimum atomic E-state index is 0.178. The number of nitrogens with zero attached hydrogens (tertiary/aromatic N) is 2. The molecule has 0 N–H and O–H groups in total. The fourth-order valence-corrected chi connectivity index (χ4v) is 2.84. The molecule has 1 heterocycles. The predicted molar refractivity (Wildman–Crippen MR) is 74.4 cm³/mol. The van der Waals surface area contributed by atoms with E-state index in [4.69, 9.17) is 0 Å². The number of hydrogen-bond acceptors (Lipinski definition) is 2. The summed E-state index contributed by atoms with van der Waals surface area (Å²) in [5.74, 6) is 0.178. The zero-order chi connectivity index (χ0) is 13.4. The Labute approximate surface area is 113 Å². The molecule has 0 atom stereocenters. The van der Waals surface area contributed by atoms with Crippen molar-refractivity contribution >= 4 is 5.78 Å². The Kier molecular flexibility index (Phi) is 2.97. The van der Waals surface area contributed by atoms with Gasteiger partial charge in [-0.3, -0.25) is 9.48 Å². The van der Waals surface area contributed by atoms with E-state index in [9.17, 15) is 4.79 Å². The quantitative estimate of drug-likeness (QED) is 0.789. The van der Waals surface area contributed by atoms with E-state index in [-0.39, 0.29) is 5.78 Å². The van der Waals surface area contributed by atoms with Gasteiger partial charge in [0.15, 0.2) is 5.78 Å². The van der Waals surface area contributed by atoms with Crippen molar-refractivity contribution in [1.29, 1.82) is 0 Å². The first-order valence-corrected chi connectivity index (χ1v) is 6.78. The number of hydrogen-bond donors (Lipinski definition) is 0. The molecule has 3 heteroatoms. The summed E-state index contributed by atoms with van der Waals surface area (Å²) in [6.45, 7) is 1.95. The van der Waals surface area contributed by atoms with Crippen LogP contribution in [-0.2, 0) is 26.3 Å². The number of benzene rings is 1. The number of rotatable bonds is 3. The highest BCUT2D eigenvalue weighted by molar-refractivity contribution is 5.97. The first-order chi connectivity index (χ1) is 9.13. The molecule has 1 aromatic heterocycles. The molecule has 19 heavy (non-hydrogen) atoms. The van der Waals surface area contributed by atoms with Gasteiger partial charge in [-0.05, 0) is 49.4 Å². The lowest BCUT2D eigenvalue weighted by Crippen LogP contribution is -2.08. The van der Waals surface area contributed by atoms with Crippen LogP contribution < -0.4 is 0 Å². The van der Waals surface area contributed by atoms with E-state index >= 15 is 0 Å². The Morgan fingerprint density at radius 1 is 1.26 bits per heavy atom. The molecule has 0 fully saturated rings. The molecular weight excluding hydrogens is 236 g/mol. The molecule has 3 rings (SSSR count). The van der Waals surface area contributed by atoms with Gasteiger partial charge < -0.3 is 0 Å². The summed E-state index contributed by atoms with van der Waals surface area (Å²) < 4.78 is 1.79. The summed E-state index contributed by atoms with van der Waals surface area (Å²) in [7, 11) is 1.89. The van der Waals surface area contributed by atoms with E-state index < -0.39 is 0 Å². The van der Waals surface area contributed by atoms with Gasteiger partial charge in [-0.1, -0.05) is 12.1 Å². The second-order valence-electron chi connectivity index (χ2n) is 5.34. The van der Waals surface area contributed by atoms with E-state index in [0.29, 0.717) is 6.42 Å². The van der Waals surface area contributed by atoms with Crippen LogP contribution in [0.3, 0.4) is 0 Å². The van der Waals surface area contributed by atoms with E-state index in [1.165, 1.54) is 17.5 Å². The van der Waals surface area contributed by atoms with E-state index in [2.05, 4.69) is 17.2 Å². The highest BCUT2D eigenvalue weighted by Gasteiger charge is 2.15. The monoisotopic (exact) mass is 254 g/mol. The van der Waals surface area contributed by atoms with E-state index in [1.807, 2.05) is 26.1 Å². The zero-order valence-corrected chi connectivity index (χ0v) is 11.4. The minimum Gasteiger partial charge on any atom is -0.294 e. The Morgan fingerprint density at radius 3 is 2.79 bits per heavy atom. The van der Waals surface area contributed by atoms with Crippen molar-refractivity contribution in [3.8, 4) is 0 Å². The predicted octanol–water partition coefficient (Wildman–Crippen LogP) is 2.64. The smallest absolute Gasteiger partial charge is 0.168 e. The lowest BCUT2D eigenvalue weighted by atomic mass is 10.0. The van der Waals surface area contributed by atoms with Gasteiger partial charge in [0, 0.05) is 18.3 Å². The summed E-state index contributed by atoms with van der Waals surface area (Å²) in [4.78, 5) is 12.3. The number of carbonyl (C=O) groups excluding carboxylic acids is 1. The molecule has 0 unspecified atom stereocenters. The van der Waals surface area contributed by atoms with Gasteiger partial charge in [0.25, 0.3) is 0 Å². The second-order valence-corrected chi connectivity index (χ2v) is 5.34. The molecule has 0 radical (unpaired) electrons. The minimum absolute atomic E-state index is 0.178. The topological polar surface area (TPSA) is 34.9 Å². The van der Waals surface area contributed by atoms with Gasteiger partial charge in [-0.15, -0.1) is 0 Å². The third-order valence-corrected chi connectivity index (χ3v) is 3.86. The van der Waals surface area contributed by atoms with Crippen LogP contribution in [0, 0.1) is 6.92 Å². The van der Waals surface area contributed by atoms with Gasteiger partial charge in [-0.2, -0.15) is 5.10 Å². The lowest BCUT2D eigenvalue weighted by Gasteiger charge is -2.05.